The van der Waals surface area contributed by atoms with Gasteiger partial charge in [0.15, 0.2) is 18.5 Å². The van der Waals surface area contributed by atoms with Crippen molar-refractivity contribution in [3.8, 4) is 0 Å². The Morgan fingerprint density at radius 2 is 1.79 bits per heavy atom. The second kappa shape index (κ2) is 7.39. The summed E-state index contributed by atoms with van der Waals surface area (Å²) in [7, 11) is 0. The van der Waals surface area contributed by atoms with E-state index in [0.29, 0.717) is 0 Å². The lowest BCUT2D eigenvalue weighted by atomic mass is 10.1. The highest BCUT2D eigenvalue weighted by Crippen LogP contribution is 2.28. The number of hydrogen-bond donors (Lipinski definition) is 0. The molecule has 0 aliphatic carbocycles. The zero-order valence-corrected chi connectivity index (χ0v) is 13.6. The summed E-state index contributed by atoms with van der Waals surface area (Å²) in [4.78, 5) is 22.2. The van der Waals surface area contributed by atoms with Gasteiger partial charge >= 0.3 is 11.9 Å². The van der Waals surface area contributed by atoms with Crippen LogP contribution in [0.15, 0.2) is 0 Å². The van der Waals surface area contributed by atoms with Crippen molar-refractivity contribution in [3.63, 3.8) is 0 Å². The molecule has 0 aromatic carbocycles. The van der Waals surface area contributed by atoms with Gasteiger partial charge in [-0.1, -0.05) is 22.6 Å². The molecule has 0 saturated carbocycles. The molecule has 19 heavy (non-hydrogen) atoms. The summed E-state index contributed by atoms with van der Waals surface area (Å²) in [6.07, 6.45) is -1.67. The lowest BCUT2D eigenvalue weighted by Gasteiger charge is -2.39. The molecule has 0 bridgehead atoms. The van der Waals surface area contributed by atoms with Gasteiger partial charge in [-0.05, 0) is 13.8 Å². The van der Waals surface area contributed by atoms with Crippen LogP contribution in [0.3, 0.4) is 0 Å². The molecule has 1 aliphatic rings. The predicted molar refractivity (Wildman–Crippen MR) is 74.9 cm³/mol. The minimum atomic E-state index is -0.602. The highest BCUT2D eigenvalue weighted by atomic mass is 127. The normalized spacial score (nSPS) is 31.1. The highest BCUT2D eigenvalue weighted by molar-refractivity contribution is 14.1. The highest BCUT2D eigenvalue weighted by Gasteiger charge is 2.44. The van der Waals surface area contributed by atoms with E-state index in [-0.39, 0.29) is 16.6 Å². The summed E-state index contributed by atoms with van der Waals surface area (Å²) in [6, 6.07) is 0. The molecule has 1 rings (SSSR count). The third kappa shape index (κ3) is 5.23. The summed E-state index contributed by atoms with van der Waals surface area (Å²) in [5.41, 5.74) is 0. The molecule has 0 aromatic heterocycles. The van der Waals surface area contributed by atoms with E-state index < -0.39 is 30.4 Å². The van der Waals surface area contributed by atoms with Gasteiger partial charge in [-0.25, -0.2) is 0 Å². The number of alkyl halides is 1. The molecule has 7 heteroatoms. The number of esters is 2. The first-order valence-electron chi connectivity index (χ1n) is 6.06. The SMILES string of the molecule is CC(=O)OC1COC(OC(C)C)C(I)C1OC(C)=O. The van der Waals surface area contributed by atoms with E-state index in [1.807, 2.05) is 13.8 Å². The Labute approximate surface area is 126 Å². The van der Waals surface area contributed by atoms with Gasteiger partial charge in [-0.2, -0.15) is 0 Å². The maximum atomic E-state index is 11.2. The molecule has 0 radical (unpaired) electrons. The number of rotatable bonds is 4. The van der Waals surface area contributed by atoms with E-state index in [4.69, 9.17) is 18.9 Å². The fraction of sp³-hybridized carbons (Fsp3) is 0.833. The van der Waals surface area contributed by atoms with Crippen molar-refractivity contribution in [1.82, 2.24) is 0 Å². The molecule has 1 aliphatic heterocycles. The lowest BCUT2D eigenvalue weighted by Crippen LogP contribution is -2.54. The number of hydrogen-bond acceptors (Lipinski definition) is 6. The van der Waals surface area contributed by atoms with Gasteiger partial charge in [-0.3, -0.25) is 9.59 Å². The zero-order valence-electron chi connectivity index (χ0n) is 11.4. The van der Waals surface area contributed by atoms with Crippen molar-refractivity contribution in [2.45, 2.75) is 56.2 Å². The minimum Gasteiger partial charge on any atom is -0.457 e. The van der Waals surface area contributed by atoms with E-state index in [2.05, 4.69) is 22.6 Å². The largest absolute Gasteiger partial charge is 0.457 e. The number of ether oxygens (including phenoxy) is 4. The number of halogens is 1. The zero-order chi connectivity index (χ0) is 14.6. The predicted octanol–water partition coefficient (Wildman–Crippen LogP) is 1.43. The Hall–Kier alpha value is -0.410. The fourth-order valence-corrected chi connectivity index (χ4v) is 2.75. The van der Waals surface area contributed by atoms with Crippen LogP contribution in [0.5, 0.6) is 0 Å². The van der Waals surface area contributed by atoms with Gasteiger partial charge in [0.2, 0.25) is 0 Å². The second-order valence-electron chi connectivity index (χ2n) is 4.55. The van der Waals surface area contributed by atoms with Crippen molar-refractivity contribution in [2.24, 2.45) is 0 Å². The van der Waals surface area contributed by atoms with Crippen LogP contribution in [-0.4, -0.2) is 47.1 Å². The van der Waals surface area contributed by atoms with Gasteiger partial charge in [0, 0.05) is 13.8 Å². The lowest BCUT2D eigenvalue weighted by molar-refractivity contribution is -0.233. The van der Waals surface area contributed by atoms with Gasteiger partial charge in [0.05, 0.1) is 12.7 Å². The van der Waals surface area contributed by atoms with Crippen LogP contribution in [0.2, 0.25) is 0 Å². The van der Waals surface area contributed by atoms with Gasteiger partial charge < -0.3 is 18.9 Å². The summed E-state index contributed by atoms with van der Waals surface area (Å²) >= 11 is 2.09. The molecule has 6 nitrogen and oxygen atoms in total. The monoisotopic (exact) mass is 386 g/mol. The Morgan fingerprint density at radius 3 is 2.26 bits per heavy atom. The Balaban J connectivity index is 2.76. The molecular weight excluding hydrogens is 367 g/mol. The second-order valence-corrected chi connectivity index (χ2v) is 5.99. The molecule has 0 spiro atoms. The van der Waals surface area contributed by atoms with Crippen molar-refractivity contribution in [1.29, 1.82) is 0 Å². The Kier molecular flexibility index (Phi) is 6.48. The van der Waals surface area contributed by atoms with E-state index in [1.54, 1.807) is 0 Å². The van der Waals surface area contributed by atoms with Crippen LogP contribution >= 0.6 is 22.6 Å². The maximum absolute atomic E-state index is 11.2. The summed E-state index contributed by atoms with van der Waals surface area (Å²) in [5, 5.41) is 0. The van der Waals surface area contributed by atoms with Crippen molar-refractivity contribution < 1.29 is 28.5 Å². The van der Waals surface area contributed by atoms with Gasteiger partial charge in [-0.15, -0.1) is 0 Å². The van der Waals surface area contributed by atoms with Crippen LogP contribution in [0.1, 0.15) is 27.7 Å². The molecule has 0 aromatic rings. The molecule has 0 N–H and O–H groups in total. The minimum absolute atomic E-state index is 0.00878. The molecule has 4 unspecified atom stereocenters. The van der Waals surface area contributed by atoms with E-state index in [1.165, 1.54) is 13.8 Å². The first-order valence-corrected chi connectivity index (χ1v) is 7.31. The van der Waals surface area contributed by atoms with E-state index >= 15 is 0 Å². The van der Waals surface area contributed by atoms with Crippen LogP contribution < -0.4 is 0 Å². The molecular formula is C12H19IO6. The van der Waals surface area contributed by atoms with Crippen LogP contribution in [-0.2, 0) is 28.5 Å². The van der Waals surface area contributed by atoms with Gasteiger partial charge in [0.25, 0.3) is 0 Å². The van der Waals surface area contributed by atoms with Crippen LogP contribution in [0, 0.1) is 0 Å². The third-order valence-electron chi connectivity index (χ3n) is 2.39. The molecule has 4 atom stereocenters. The number of carbonyl (C=O) groups excluding carboxylic acids is 2. The van der Waals surface area contributed by atoms with Crippen molar-refractivity contribution in [3.05, 3.63) is 0 Å². The first kappa shape index (κ1) is 16.6. The van der Waals surface area contributed by atoms with E-state index in [9.17, 15) is 9.59 Å². The van der Waals surface area contributed by atoms with Crippen molar-refractivity contribution in [2.75, 3.05) is 6.61 Å². The molecule has 110 valence electrons. The topological polar surface area (TPSA) is 71.1 Å². The average Bonchev–Trinajstić information content (AvgIpc) is 2.26. The molecule has 1 heterocycles. The molecule has 1 saturated heterocycles. The smallest absolute Gasteiger partial charge is 0.303 e. The molecule has 1 fully saturated rings. The first-order chi connectivity index (χ1) is 8.81. The van der Waals surface area contributed by atoms with Crippen molar-refractivity contribution >= 4 is 34.5 Å². The summed E-state index contributed by atoms with van der Waals surface area (Å²) < 4.78 is 21.3. The van der Waals surface area contributed by atoms with Crippen LogP contribution in [0.25, 0.3) is 0 Å². The summed E-state index contributed by atoms with van der Waals surface area (Å²) in [5.74, 6) is -0.855. The van der Waals surface area contributed by atoms with Gasteiger partial charge in [0.1, 0.15) is 3.92 Å². The third-order valence-corrected chi connectivity index (χ3v) is 3.69. The molecule has 0 amide bonds. The maximum Gasteiger partial charge on any atom is 0.303 e. The Morgan fingerprint density at radius 1 is 1.21 bits per heavy atom. The Bertz CT molecular complexity index is 332. The fourth-order valence-electron chi connectivity index (χ4n) is 1.77. The van der Waals surface area contributed by atoms with Crippen LogP contribution in [0.4, 0.5) is 0 Å². The quantitative estimate of drug-likeness (QED) is 0.414. The average molecular weight is 386 g/mol. The summed E-state index contributed by atoms with van der Waals surface area (Å²) in [6.45, 7) is 6.57. The van der Waals surface area contributed by atoms with E-state index in [0.717, 1.165) is 0 Å². The number of carbonyl (C=O) groups is 2. The standard InChI is InChI=1S/C12H19IO6/c1-6(2)17-12-10(13)11(19-8(4)15)9(5-16-12)18-7(3)14/h6,9-12H,5H2,1-4H3.